The first kappa shape index (κ1) is 17.3. The van der Waals surface area contributed by atoms with Gasteiger partial charge < -0.3 is 9.15 Å². The number of carbonyl (C=O) groups is 1. The van der Waals surface area contributed by atoms with Crippen LogP contribution in [0.1, 0.15) is 26.0 Å². The number of carbonyl (C=O) groups excluding carboxylic acids is 1. The van der Waals surface area contributed by atoms with Crippen LogP contribution < -0.4 is 0 Å². The molecule has 1 aromatic heterocycles. The van der Waals surface area contributed by atoms with Crippen LogP contribution in [0.5, 0.6) is 0 Å². The molecule has 5 nitrogen and oxygen atoms in total. The maximum Gasteiger partial charge on any atom is 0.305 e. The summed E-state index contributed by atoms with van der Waals surface area (Å²) in [4.78, 5) is 11.1. The van der Waals surface area contributed by atoms with E-state index in [-0.39, 0.29) is 17.9 Å². The van der Waals surface area contributed by atoms with E-state index in [9.17, 15) is 13.2 Å². The highest BCUT2D eigenvalue weighted by Crippen LogP contribution is 2.32. The molecule has 0 radical (unpaired) electrons. The average molecular weight is 336 g/mol. The molecule has 0 spiro atoms. The van der Waals surface area contributed by atoms with Crippen LogP contribution >= 0.6 is 0 Å². The second kappa shape index (κ2) is 7.00. The molecule has 1 unspecified atom stereocenters. The fraction of sp³-hybridized carbons (Fsp3) is 0.353. The number of furan rings is 1. The molecular formula is C17H20O5S. The molecule has 0 saturated heterocycles. The second-order valence-corrected chi connectivity index (χ2v) is 7.65. The molecule has 124 valence electrons. The first-order chi connectivity index (χ1) is 10.9. The van der Waals surface area contributed by atoms with Crippen molar-refractivity contribution in [3.8, 4) is 11.1 Å². The molecule has 0 N–H and O–H groups in total. The summed E-state index contributed by atoms with van der Waals surface area (Å²) in [6, 6.07) is 9.89. The van der Waals surface area contributed by atoms with Crippen LogP contribution in [-0.2, 0) is 19.4 Å². The van der Waals surface area contributed by atoms with Crippen molar-refractivity contribution in [3.63, 3.8) is 0 Å². The van der Waals surface area contributed by atoms with E-state index in [1.807, 2.05) is 0 Å². The molecule has 23 heavy (non-hydrogen) atoms. The van der Waals surface area contributed by atoms with Gasteiger partial charge in [0.1, 0.15) is 17.3 Å². The second-order valence-electron chi connectivity index (χ2n) is 5.31. The Kier molecular flexibility index (Phi) is 5.26. The third kappa shape index (κ3) is 4.22. The third-order valence-corrected chi connectivity index (χ3v) is 5.76. The Labute approximate surface area is 136 Å². The summed E-state index contributed by atoms with van der Waals surface area (Å²) in [7, 11) is -3.50. The normalized spacial score (nSPS) is 12.8. The molecule has 6 heteroatoms. The molecule has 0 saturated carbocycles. The lowest BCUT2D eigenvalue weighted by Gasteiger charge is -2.12. The molecule has 0 aromatic carbocycles. The fourth-order valence-corrected chi connectivity index (χ4v) is 3.34. The predicted molar refractivity (Wildman–Crippen MR) is 86.8 cm³/mol. The summed E-state index contributed by atoms with van der Waals surface area (Å²) in [5, 5.41) is -0.783. The Morgan fingerprint density at radius 1 is 1.26 bits per heavy atom. The van der Waals surface area contributed by atoms with Crippen LogP contribution in [0.3, 0.4) is 0 Å². The van der Waals surface area contributed by atoms with Crippen molar-refractivity contribution >= 4 is 15.8 Å². The number of hydrogen-bond acceptors (Lipinski definition) is 5. The summed E-state index contributed by atoms with van der Waals surface area (Å²) in [6.45, 7) is 4.60. The van der Waals surface area contributed by atoms with Gasteiger partial charge >= 0.3 is 5.97 Å². The molecule has 2 aliphatic rings. The van der Waals surface area contributed by atoms with Crippen LogP contribution in [0, 0.1) is 6.92 Å². The Morgan fingerprint density at radius 3 is 2.30 bits per heavy atom. The summed E-state index contributed by atoms with van der Waals surface area (Å²) in [5.41, 5.74) is 2.85. The predicted octanol–water partition coefficient (Wildman–Crippen LogP) is 3.37. The third-order valence-electron chi connectivity index (χ3n) is 3.53. The quantitative estimate of drug-likeness (QED) is 0.668. The zero-order valence-electron chi connectivity index (χ0n) is 13.4. The molecule has 0 bridgehead atoms. The smallest absolute Gasteiger partial charge is 0.305 e. The molecular weight excluding hydrogens is 316 g/mol. The van der Waals surface area contributed by atoms with Gasteiger partial charge in [0.15, 0.2) is 9.84 Å². The van der Waals surface area contributed by atoms with Gasteiger partial charge in [0.05, 0.1) is 11.5 Å². The van der Waals surface area contributed by atoms with Crippen molar-refractivity contribution < 1.29 is 22.4 Å². The number of esters is 1. The SMILES string of the molecule is CCC(=O)OCC(C)S(=O)(=O)c1ccoc1C.c1cc2cc-2c1. The van der Waals surface area contributed by atoms with Crippen molar-refractivity contribution in [1.82, 2.24) is 0 Å². The minimum absolute atomic E-state index is 0.139. The largest absolute Gasteiger partial charge is 0.468 e. The highest BCUT2D eigenvalue weighted by Gasteiger charge is 2.27. The lowest BCUT2D eigenvalue weighted by Crippen LogP contribution is -2.25. The Bertz CT molecular complexity index is 772. The van der Waals surface area contributed by atoms with E-state index in [2.05, 4.69) is 24.3 Å². The van der Waals surface area contributed by atoms with Crippen LogP contribution in [0.2, 0.25) is 0 Å². The molecule has 1 aromatic rings. The van der Waals surface area contributed by atoms with E-state index in [4.69, 9.17) is 9.15 Å². The number of benzene rings is 1. The minimum Gasteiger partial charge on any atom is -0.468 e. The average Bonchev–Trinajstić information content (AvgIpc) is 2.92. The van der Waals surface area contributed by atoms with Gasteiger partial charge in [0.2, 0.25) is 0 Å². The lowest BCUT2D eigenvalue weighted by atomic mass is 10.5. The summed E-state index contributed by atoms with van der Waals surface area (Å²) >= 11 is 0. The Morgan fingerprint density at radius 2 is 1.91 bits per heavy atom. The van der Waals surface area contributed by atoms with E-state index in [0.29, 0.717) is 5.76 Å². The summed E-state index contributed by atoms with van der Waals surface area (Å²) in [6.07, 6.45) is 1.56. The molecule has 2 aliphatic carbocycles. The van der Waals surface area contributed by atoms with E-state index in [0.717, 1.165) is 0 Å². The molecule has 0 aliphatic heterocycles. The molecule has 0 amide bonds. The standard InChI is InChI=1S/C11H16O5S.C6H4/c1-4-11(12)16-7-8(2)17(13,14)10-5-6-15-9(10)3;1-2-5-4-6(5)3-1/h5-6,8H,4,7H2,1-3H3;1-4H. The van der Waals surface area contributed by atoms with Crippen LogP contribution in [-0.4, -0.2) is 26.2 Å². The van der Waals surface area contributed by atoms with E-state index in [1.165, 1.54) is 30.4 Å². The number of rotatable bonds is 5. The number of fused-ring (bicyclic) bond motifs is 1. The van der Waals surface area contributed by atoms with Gasteiger partial charge in [-0.05, 0) is 37.1 Å². The van der Waals surface area contributed by atoms with Crippen molar-refractivity contribution in [2.24, 2.45) is 0 Å². The molecule has 1 atom stereocenters. The van der Waals surface area contributed by atoms with Crippen LogP contribution in [0.25, 0.3) is 11.1 Å². The van der Waals surface area contributed by atoms with Gasteiger partial charge in [-0.3, -0.25) is 4.79 Å². The first-order valence-electron chi connectivity index (χ1n) is 7.40. The van der Waals surface area contributed by atoms with E-state index in [1.54, 1.807) is 13.8 Å². The lowest BCUT2D eigenvalue weighted by molar-refractivity contribution is -0.143. The Balaban J connectivity index is 0.000000260. The molecule has 0 fully saturated rings. The Hall–Kier alpha value is -2.08. The van der Waals surface area contributed by atoms with Crippen molar-refractivity contribution in [2.45, 2.75) is 37.3 Å². The van der Waals surface area contributed by atoms with Crippen molar-refractivity contribution in [2.75, 3.05) is 6.61 Å². The molecule has 1 heterocycles. The monoisotopic (exact) mass is 336 g/mol. The highest BCUT2D eigenvalue weighted by atomic mass is 32.2. The van der Waals surface area contributed by atoms with Gasteiger partial charge in [0, 0.05) is 6.42 Å². The molecule has 3 rings (SSSR count). The van der Waals surface area contributed by atoms with Gasteiger partial charge in [0.25, 0.3) is 0 Å². The summed E-state index contributed by atoms with van der Waals surface area (Å²) in [5.74, 6) is -0.0605. The minimum atomic E-state index is -3.50. The van der Waals surface area contributed by atoms with E-state index < -0.39 is 21.1 Å². The highest BCUT2D eigenvalue weighted by molar-refractivity contribution is 7.92. The van der Waals surface area contributed by atoms with Crippen LogP contribution in [0.4, 0.5) is 0 Å². The van der Waals surface area contributed by atoms with Gasteiger partial charge in [-0.2, -0.15) is 0 Å². The fourth-order valence-electron chi connectivity index (χ4n) is 1.96. The number of aryl methyl sites for hydroxylation is 1. The topological polar surface area (TPSA) is 73.6 Å². The number of sulfone groups is 1. The maximum absolute atomic E-state index is 12.1. The number of ether oxygens (including phenoxy) is 1. The first-order valence-corrected chi connectivity index (χ1v) is 8.95. The van der Waals surface area contributed by atoms with Crippen LogP contribution in [0.15, 0.2) is 45.9 Å². The maximum atomic E-state index is 12.1. The number of hydrogen-bond donors (Lipinski definition) is 0. The van der Waals surface area contributed by atoms with Crippen molar-refractivity contribution in [1.29, 1.82) is 0 Å². The van der Waals surface area contributed by atoms with E-state index >= 15 is 0 Å². The van der Waals surface area contributed by atoms with Gasteiger partial charge in [-0.15, -0.1) is 0 Å². The van der Waals surface area contributed by atoms with Crippen molar-refractivity contribution in [3.05, 3.63) is 42.4 Å². The van der Waals surface area contributed by atoms with Gasteiger partial charge in [-0.1, -0.05) is 25.1 Å². The summed E-state index contributed by atoms with van der Waals surface area (Å²) < 4.78 is 33.9. The zero-order valence-corrected chi connectivity index (χ0v) is 14.2. The van der Waals surface area contributed by atoms with Gasteiger partial charge in [-0.25, -0.2) is 8.42 Å². The zero-order chi connectivity index (χ0) is 17.0.